The van der Waals surface area contributed by atoms with Crippen molar-refractivity contribution in [1.82, 2.24) is 0 Å². The molecule has 1 atom stereocenters. The molecule has 3 nitrogen and oxygen atoms in total. The molecule has 0 spiro atoms. The van der Waals surface area contributed by atoms with Crippen molar-refractivity contribution in [2.45, 2.75) is 20.8 Å². The molecular weight excluding hydrogens is 244 g/mol. The molecule has 0 radical (unpaired) electrons. The predicted molar refractivity (Wildman–Crippen MR) is 79.7 cm³/mol. The van der Waals surface area contributed by atoms with Crippen LogP contribution in [-0.4, -0.2) is 17.9 Å². The maximum Gasteiger partial charge on any atom is 0.236 e. The molecule has 0 aliphatic carbocycles. The smallest absolute Gasteiger partial charge is 0.236 e. The molecule has 1 amide bonds. The maximum absolute atomic E-state index is 12.4. The largest absolute Gasteiger partial charge is 0.393 e. The monoisotopic (exact) mass is 264 g/mol. The van der Waals surface area contributed by atoms with Gasteiger partial charge in [-0.1, -0.05) is 44.3 Å². The molecule has 0 aliphatic rings. The van der Waals surface area contributed by atoms with E-state index in [9.17, 15) is 4.79 Å². The molecule has 98 valence electrons. The summed E-state index contributed by atoms with van der Waals surface area (Å²) < 4.78 is 0. The Morgan fingerprint density at radius 2 is 1.89 bits per heavy atom. The molecule has 0 heterocycles. The number of carbonyl (C=O) groups is 1. The van der Waals surface area contributed by atoms with Gasteiger partial charge in [0.2, 0.25) is 5.91 Å². The fourth-order valence-corrected chi connectivity index (χ4v) is 2.38. The first-order valence-corrected chi connectivity index (χ1v) is 6.39. The van der Waals surface area contributed by atoms with Gasteiger partial charge in [-0.2, -0.15) is 0 Å². The van der Waals surface area contributed by atoms with Crippen LogP contribution in [-0.2, 0) is 4.79 Å². The zero-order valence-electron chi connectivity index (χ0n) is 11.3. The van der Waals surface area contributed by atoms with Crippen LogP contribution in [0.2, 0.25) is 0 Å². The standard InChI is InChI=1S/C14H20N2OS/c1-9(2)12(13(15)18)14(17)16(4)11-8-6-5-7-10(11)3/h5-9,12H,1-4H3,(H2,15,18). The highest BCUT2D eigenvalue weighted by atomic mass is 32.1. The highest BCUT2D eigenvalue weighted by Gasteiger charge is 2.28. The minimum atomic E-state index is -0.412. The molecule has 0 bridgehead atoms. The minimum Gasteiger partial charge on any atom is -0.393 e. The average molecular weight is 264 g/mol. The van der Waals surface area contributed by atoms with Gasteiger partial charge in [-0.3, -0.25) is 4.79 Å². The average Bonchev–Trinajstić information content (AvgIpc) is 2.27. The third kappa shape index (κ3) is 3.07. The van der Waals surface area contributed by atoms with Gasteiger partial charge in [0, 0.05) is 12.7 Å². The van der Waals surface area contributed by atoms with Gasteiger partial charge in [-0.25, -0.2) is 0 Å². The van der Waals surface area contributed by atoms with Crippen LogP contribution >= 0.6 is 12.2 Å². The number of aryl methyl sites for hydroxylation is 1. The van der Waals surface area contributed by atoms with E-state index in [4.69, 9.17) is 18.0 Å². The van der Waals surface area contributed by atoms with E-state index in [1.807, 2.05) is 45.0 Å². The predicted octanol–water partition coefficient (Wildman–Crippen LogP) is 2.52. The maximum atomic E-state index is 12.4. The number of hydrogen-bond acceptors (Lipinski definition) is 2. The number of amides is 1. The molecule has 0 fully saturated rings. The van der Waals surface area contributed by atoms with E-state index in [1.54, 1.807) is 11.9 Å². The summed E-state index contributed by atoms with van der Waals surface area (Å²) in [5.74, 6) is -0.363. The van der Waals surface area contributed by atoms with Crippen molar-refractivity contribution in [1.29, 1.82) is 0 Å². The van der Waals surface area contributed by atoms with Crippen LogP contribution in [0, 0.1) is 18.8 Å². The van der Waals surface area contributed by atoms with E-state index in [2.05, 4.69) is 0 Å². The second-order valence-electron chi connectivity index (χ2n) is 4.81. The number of nitrogens with zero attached hydrogens (tertiary/aromatic N) is 1. The molecule has 2 N–H and O–H groups in total. The summed E-state index contributed by atoms with van der Waals surface area (Å²) in [7, 11) is 1.76. The lowest BCUT2D eigenvalue weighted by molar-refractivity contribution is -0.121. The van der Waals surface area contributed by atoms with Gasteiger partial charge in [0.25, 0.3) is 0 Å². The van der Waals surface area contributed by atoms with E-state index in [-0.39, 0.29) is 16.8 Å². The second-order valence-corrected chi connectivity index (χ2v) is 5.28. The Hall–Kier alpha value is -1.42. The Kier molecular flexibility index (Phi) is 4.84. The lowest BCUT2D eigenvalue weighted by Crippen LogP contribution is -2.42. The van der Waals surface area contributed by atoms with Crippen molar-refractivity contribution in [3.63, 3.8) is 0 Å². The number of hydrogen-bond donors (Lipinski definition) is 1. The first-order chi connectivity index (χ1) is 8.36. The number of thiocarbonyl (C=S) groups is 1. The Morgan fingerprint density at radius 3 is 2.33 bits per heavy atom. The number of anilines is 1. The molecule has 4 heteroatoms. The summed E-state index contributed by atoms with van der Waals surface area (Å²) in [6, 6.07) is 7.76. The Bertz CT molecular complexity index is 457. The molecule has 0 aromatic heterocycles. The number of benzene rings is 1. The van der Waals surface area contributed by atoms with Crippen molar-refractivity contribution in [3.8, 4) is 0 Å². The summed E-state index contributed by atoms with van der Waals surface area (Å²) in [6.07, 6.45) is 0. The van der Waals surface area contributed by atoms with Gasteiger partial charge < -0.3 is 10.6 Å². The summed E-state index contributed by atoms with van der Waals surface area (Å²) in [4.78, 5) is 14.3. The molecule has 18 heavy (non-hydrogen) atoms. The molecule has 1 rings (SSSR count). The summed E-state index contributed by atoms with van der Waals surface area (Å²) >= 11 is 5.00. The fraction of sp³-hybridized carbons (Fsp3) is 0.429. The highest BCUT2D eigenvalue weighted by Crippen LogP contribution is 2.22. The molecule has 1 aromatic rings. The van der Waals surface area contributed by atoms with Gasteiger partial charge in [-0.15, -0.1) is 0 Å². The topological polar surface area (TPSA) is 46.3 Å². The van der Waals surface area contributed by atoms with E-state index < -0.39 is 5.92 Å². The van der Waals surface area contributed by atoms with Gasteiger partial charge in [0.15, 0.2) is 0 Å². The van der Waals surface area contributed by atoms with Gasteiger partial charge >= 0.3 is 0 Å². The second kappa shape index (κ2) is 5.96. The van der Waals surface area contributed by atoms with E-state index in [1.165, 1.54) is 0 Å². The van der Waals surface area contributed by atoms with Crippen molar-refractivity contribution >= 4 is 28.8 Å². The fourth-order valence-electron chi connectivity index (χ4n) is 2.00. The molecule has 0 saturated heterocycles. The van der Waals surface area contributed by atoms with Crippen LogP contribution in [0.5, 0.6) is 0 Å². The Morgan fingerprint density at radius 1 is 1.33 bits per heavy atom. The normalized spacial score (nSPS) is 12.3. The van der Waals surface area contributed by atoms with Crippen LogP contribution in [0.25, 0.3) is 0 Å². The molecular formula is C14H20N2OS. The molecule has 1 unspecified atom stereocenters. The van der Waals surface area contributed by atoms with Gasteiger partial charge in [0.05, 0.1) is 10.9 Å². The lowest BCUT2D eigenvalue weighted by atomic mass is 9.94. The Labute approximate surface area is 114 Å². The first kappa shape index (κ1) is 14.6. The first-order valence-electron chi connectivity index (χ1n) is 5.98. The molecule has 1 aromatic carbocycles. The Balaban J connectivity index is 3.03. The SMILES string of the molecule is Cc1ccccc1N(C)C(=O)C(C(N)=S)C(C)C. The van der Waals surface area contributed by atoms with Crippen LogP contribution in [0.15, 0.2) is 24.3 Å². The third-order valence-corrected chi connectivity index (χ3v) is 3.30. The van der Waals surface area contributed by atoms with Crippen molar-refractivity contribution in [2.24, 2.45) is 17.6 Å². The number of para-hydroxylation sites is 1. The third-order valence-electron chi connectivity index (χ3n) is 3.05. The van der Waals surface area contributed by atoms with Crippen LogP contribution in [0.1, 0.15) is 19.4 Å². The summed E-state index contributed by atoms with van der Waals surface area (Å²) in [6.45, 7) is 5.88. The van der Waals surface area contributed by atoms with Crippen LogP contribution < -0.4 is 10.6 Å². The lowest BCUT2D eigenvalue weighted by Gasteiger charge is -2.26. The summed E-state index contributed by atoms with van der Waals surface area (Å²) in [5, 5.41) is 0. The van der Waals surface area contributed by atoms with Crippen LogP contribution in [0.4, 0.5) is 5.69 Å². The number of nitrogens with two attached hydrogens (primary N) is 1. The summed E-state index contributed by atoms with van der Waals surface area (Å²) in [5.41, 5.74) is 7.62. The van der Waals surface area contributed by atoms with Crippen molar-refractivity contribution in [3.05, 3.63) is 29.8 Å². The van der Waals surface area contributed by atoms with Crippen LogP contribution in [0.3, 0.4) is 0 Å². The van der Waals surface area contributed by atoms with E-state index in [0.29, 0.717) is 0 Å². The molecule has 0 aliphatic heterocycles. The zero-order valence-corrected chi connectivity index (χ0v) is 12.1. The highest BCUT2D eigenvalue weighted by molar-refractivity contribution is 7.80. The van der Waals surface area contributed by atoms with Crippen molar-refractivity contribution in [2.75, 3.05) is 11.9 Å². The van der Waals surface area contributed by atoms with Crippen molar-refractivity contribution < 1.29 is 4.79 Å². The molecule has 0 saturated carbocycles. The number of rotatable bonds is 4. The van der Waals surface area contributed by atoms with E-state index >= 15 is 0 Å². The van der Waals surface area contributed by atoms with E-state index in [0.717, 1.165) is 11.3 Å². The number of carbonyl (C=O) groups excluding carboxylic acids is 1. The zero-order chi connectivity index (χ0) is 13.9. The van der Waals surface area contributed by atoms with Gasteiger partial charge in [0.1, 0.15) is 0 Å². The van der Waals surface area contributed by atoms with Gasteiger partial charge in [-0.05, 0) is 24.5 Å². The quantitative estimate of drug-likeness (QED) is 0.850. The minimum absolute atomic E-state index is 0.0493.